The first-order valence-electron chi connectivity index (χ1n) is 23.7. The van der Waals surface area contributed by atoms with Crippen LogP contribution in [0, 0.1) is 0 Å². The minimum absolute atomic E-state index is 1.20. The van der Waals surface area contributed by atoms with Crippen molar-refractivity contribution in [3.8, 4) is 83.6 Å². The minimum Gasteiger partial charge on any atom is -0.316 e. The van der Waals surface area contributed by atoms with Gasteiger partial charge in [0.05, 0.1) is 5.52 Å². The van der Waals surface area contributed by atoms with Gasteiger partial charge in [-0.1, -0.05) is 231 Å². The van der Waals surface area contributed by atoms with E-state index in [-0.39, 0.29) is 0 Å². The predicted molar refractivity (Wildman–Crippen MR) is 293 cm³/mol. The molecular weight excluding hydrogens is 835 g/mol. The Morgan fingerprint density at radius 3 is 1.25 bits per heavy atom. The zero-order chi connectivity index (χ0) is 45.3. The van der Waals surface area contributed by atoms with Gasteiger partial charge in [-0.2, -0.15) is 0 Å². The summed E-state index contributed by atoms with van der Waals surface area (Å²) >= 11 is 0. The number of aromatic nitrogens is 1. The fourth-order valence-corrected chi connectivity index (χ4v) is 14.1. The largest absolute Gasteiger partial charge is 0.316 e. The topological polar surface area (TPSA) is 4.93 Å². The molecule has 1 nitrogen and oxygen atoms in total. The minimum atomic E-state index is -1.87. The lowest BCUT2D eigenvalue weighted by Gasteiger charge is -2.19. The van der Waals surface area contributed by atoms with Crippen LogP contribution in [0.3, 0.4) is 0 Å². The lowest BCUT2D eigenvalue weighted by molar-refractivity contribution is 1.13. The van der Waals surface area contributed by atoms with Crippen LogP contribution in [0.2, 0.25) is 13.1 Å². The SMILES string of the molecule is C[Si]1(C)c2ccccc2-c2ccc(-n3cc(-c4ccc(-c5ccc(-c6cccc7ccccc67)cc5)cc4)c4cc(-c5ccc(-c6ccc(-c7cccc8ccccc78)cc6)cc5)ccc43)cc21. The first kappa shape index (κ1) is 40.0. The molecule has 320 valence electrons. The summed E-state index contributed by atoms with van der Waals surface area (Å²) in [5.74, 6) is 0. The molecule has 12 aromatic rings. The van der Waals surface area contributed by atoms with E-state index in [1.807, 2.05) is 0 Å². The smallest absolute Gasteiger partial charge is 0.113 e. The van der Waals surface area contributed by atoms with Crippen molar-refractivity contribution in [2.24, 2.45) is 0 Å². The van der Waals surface area contributed by atoms with Gasteiger partial charge in [0, 0.05) is 22.8 Å². The van der Waals surface area contributed by atoms with E-state index in [0.29, 0.717) is 0 Å². The number of nitrogens with zero attached hydrogens (tertiary/aromatic N) is 1. The van der Waals surface area contributed by atoms with Crippen molar-refractivity contribution in [2.45, 2.75) is 13.1 Å². The first-order chi connectivity index (χ1) is 33.4. The highest BCUT2D eigenvalue weighted by Crippen LogP contribution is 2.39. The summed E-state index contributed by atoms with van der Waals surface area (Å²) in [5.41, 5.74) is 19.9. The molecule has 1 aromatic heterocycles. The van der Waals surface area contributed by atoms with E-state index in [9.17, 15) is 0 Å². The summed E-state index contributed by atoms with van der Waals surface area (Å²) in [5, 5.41) is 9.36. The molecule has 0 N–H and O–H groups in total. The van der Waals surface area contributed by atoms with Crippen molar-refractivity contribution in [3.63, 3.8) is 0 Å². The van der Waals surface area contributed by atoms with Gasteiger partial charge < -0.3 is 4.57 Å². The molecule has 0 radical (unpaired) electrons. The van der Waals surface area contributed by atoms with E-state index >= 15 is 0 Å². The van der Waals surface area contributed by atoms with E-state index in [4.69, 9.17) is 0 Å². The molecule has 2 heteroatoms. The Kier molecular flexibility index (Phi) is 9.38. The molecule has 0 bridgehead atoms. The molecule has 1 aliphatic rings. The summed E-state index contributed by atoms with van der Waals surface area (Å²) in [6.07, 6.45) is 2.37. The first-order valence-corrected chi connectivity index (χ1v) is 26.7. The third-order valence-electron chi connectivity index (χ3n) is 14.7. The fraction of sp³-hybridized carbons (Fsp3) is 0.0303. The van der Waals surface area contributed by atoms with Gasteiger partial charge in [-0.3, -0.25) is 0 Å². The molecule has 0 fully saturated rings. The summed E-state index contributed by atoms with van der Waals surface area (Å²) < 4.78 is 2.42. The van der Waals surface area contributed by atoms with Gasteiger partial charge in [0.25, 0.3) is 0 Å². The molecule has 1 aliphatic heterocycles. The molecule has 68 heavy (non-hydrogen) atoms. The molecule has 0 amide bonds. The van der Waals surface area contributed by atoms with Crippen molar-refractivity contribution >= 4 is 50.9 Å². The van der Waals surface area contributed by atoms with Crippen LogP contribution in [-0.4, -0.2) is 12.6 Å². The van der Waals surface area contributed by atoms with Gasteiger partial charge in [-0.15, -0.1) is 0 Å². The normalized spacial score (nSPS) is 12.7. The van der Waals surface area contributed by atoms with Crippen LogP contribution in [0.5, 0.6) is 0 Å². The maximum Gasteiger partial charge on any atom is 0.113 e. The van der Waals surface area contributed by atoms with Crippen molar-refractivity contribution in [2.75, 3.05) is 0 Å². The molecule has 0 spiro atoms. The van der Waals surface area contributed by atoms with Crippen LogP contribution < -0.4 is 10.4 Å². The van der Waals surface area contributed by atoms with Gasteiger partial charge in [0.15, 0.2) is 0 Å². The average Bonchev–Trinajstić information content (AvgIpc) is 3.90. The number of fused-ring (bicyclic) bond motifs is 6. The van der Waals surface area contributed by atoms with E-state index in [0.717, 1.165) is 0 Å². The number of hydrogen-bond acceptors (Lipinski definition) is 0. The van der Waals surface area contributed by atoms with Crippen molar-refractivity contribution < 1.29 is 0 Å². The standard InChI is InChI=1S/C66H47NSi/c1-68(2)65-20-8-7-17-60(65)61-39-38-55(42-66(61)68)67-43-63(53-35-29-47(30-36-53)46-27-33-52(34-28-46)59-19-10-14-50-12-4-6-16-57(50)59)62-41-54(37-40-64(62)67)48-23-21-44(22-24-48)45-25-31-51(32-26-45)58-18-9-13-49-11-3-5-15-56(49)58/h3-43H,1-2H3. The lowest BCUT2D eigenvalue weighted by atomic mass is 9.94. The van der Waals surface area contributed by atoms with E-state index < -0.39 is 8.07 Å². The second-order valence-electron chi connectivity index (χ2n) is 18.9. The van der Waals surface area contributed by atoms with Crippen molar-refractivity contribution in [3.05, 3.63) is 249 Å². The van der Waals surface area contributed by atoms with Crippen LogP contribution >= 0.6 is 0 Å². The fourth-order valence-electron chi connectivity index (χ4n) is 11.0. The average molecular weight is 882 g/mol. The van der Waals surface area contributed by atoms with E-state index in [2.05, 4.69) is 267 Å². The zero-order valence-corrected chi connectivity index (χ0v) is 39.1. The van der Waals surface area contributed by atoms with Gasteiger partial charge in [-0.05, 0) is 129 Å². The molecule has 0 atom stereocenters. The van der Waals surface area contributed by atoms with Gasteiger partial charge in [0.1, 0.15) is 8.07 Å². The highest BCUT2D eigenvalue weighted by molar-refractivity contribution is 7.03. The van der Waals surface area contributed by atoms with Gasteiger partial charge >= 0.3 is 0 Å². The van der Waals surface area contributed by atoms with Crippen molar-refractivity contribution in [1.29, 1.82) is 0 Å². The third-order valence-corrected chi connectivity index (χ3v) is 18.2. The second kappa shape index (κ2) is 15.9. The Balaban J connectivity index is 0.855. The Hall–Kier alpha value is -8.30. The molecule has 11 aromatic carbocycles. The summed E-state index contributed by atoms with van der Waals surface area (Å²) in [7, 11) is -1.87. The molecular formula is C66H47NSi. The van der Waals surface area contributed by atoms with Crippen LogP contribution in [0.4, 0.5) is 0 Å². The van der Waals surface area contributed by atoms with Gasteiger partial charge in [0.2, 0.25) is 0 Å². The number of rotatable bonds is 7. The maximum absolute atomic E-state index is 2.50. The molecule has 0 saturated heterocycles. The van der Waals surface area contributed by atoms with Crippen LogP contribution in [0.15, 0.2) is 249 Å². The summed E-state index contributed by atoms with van der Waals surface area (Å²) in [6, 6.07) is 89.9. The summed E-state index contributed by atoms with van der Waals surface area (Å²) in [6.45, 7) is 5.00. The van der Waals surface area contributed by atoms with Crippen molar-refractivity contribution in [1.82, 2.24) is 4.57 Å². The molecule has 0 aliphatic carbocycles. The highest BCUT2D eigenvalue weighted by Gasteiger charge is 2.37. The third kappa shape index (κ3) is 6.67. The van der Waals surface area contributed by atoms with Crippen LogP contribution in [0.1, 0.15) is 0 Å². The number of hydrogen-bond donors (Lipinski definition) is 0. The molecule has 0 saturated carbocycles. The molecule has 2 heterocycles. The summed E-state index contributed by atoms with van der Waals surface area (Å²) in [4.78, 5) is 0. The molecule has 0 unspecified atom stereocenters. The second-order valence-corrected chi connectivity index (χ2v) is 23.2. The maximum atomic E-state index is 2.50. The van der Waals surface area contributed by atoms with Crippen LogP contribution in [-0.2, 0) is 0 Å². The Bertz CT molecular complexity index is 3880. The lowest BCUT2D eigenvalue weighted by Crippen LogP contribution is -2.49. The van der Waals surface area contributed by atoms with E-state index in [1.165, 1.54) is 126 Å². The quantitative estimate of drug-likeness (QED) is 0.141. The highest BCUT2D eigenvalue weighted by atomic mass is 28.3. The Morgan fingerprint density at radius 2 is 0.691 bits per heavy atom. The monoisotopic (exact) mass is 881 g/mol. The Labute approximate surface area is 398 Å². The Morgan fingerprint density at radius 1 is 0.279 bits per heavy atom. The van der Waals surface area contributed by atoms with Crippen LogP contribution in [0.25, 0.3) is 116 Å². The molecule has 13 rings (SSSR count). The predicted octanol–water partition coefficient (Wildman–Crippen LogP) is 16.7. The number of benzene rings is 11. The zero-order valence-electron chi connectivity index (χ0n) is 38.1. The van der Waals surface area contributed by atoms with Gasteiger partial charge in [-0.25, -0.2) is 0 Å². The van der Waals surface area contributed by atoms with E-state index in [1.54, 1.807) is 0 Å².